The summed E-state index contributed by atoms with van der Waals surface area (Å²) in [7, 11) is 0. The Morgan fingerprint density at radius 1 is 1.33 bits per heavy atom. The van der Waals surface area contributed by atoms with Gasteiger partial charge in [0.2, 0.25) is 11.8 Å². The van der Waals surface area contributed by atoms with Gasteiger partial charge in [-0.25, -0.2) is 4.90 Å². The average molecular weight is 331 g/mol. The largest absolute Gasteiger partial charge is 0.443 e. The normalized spacial score (nSPS) is 33.2. The van der Waals surface area contributed by atoms with Crippen molar-refractivity contribution < 1.29 is 19.1 Å². The first-order valence-electron chi connectivity index (χ1n) is 8.58. The number of likely N-dealkylation sites (tertiary alicyclic amines) is 1. The van der Waals surface area contributed by atoms with Crippen LogP contribution in [0, 0.1) is 29.1 Å². The van der Waals surface area contributed by atoms with E-state index in [4.69, 9.17) is 4.74 Å². The van der Waals surface area contributed by atoms with Crippen molar-refractivity contribution in [2.45, 2.75) is 40.5 Å². The molecule has 4 unspecified atom stereocenters. The first-order valence-corrected chi connectivity index (χ1v) is 8.58. The Morgan fingerprint density at radius 2 is 2.04 bits per heavy atom. The number of ether oxygens (including phenoxy) is 1. The SMILES string of the molecule is CC(C)=CC1C(C(=O)OCN2C(=O)C3C=CCCC3C2=O)C1(C)C. The van der Waals surface area contributed by atoms with Gasteiger partial charge in [-0.3, -0.25) is 14.4 Å². The lowest BCUT2D eigenvalue weighted by Crippen LogP contribution is -2.34. The average Bonchev–Trinajstić information content (AvgIpc) is 2.96. The maximum absolute atomic E-state index is 12.4. The molecule has 3 rings (SSSR count). The number of imide groups is 1. The number of hydrogen-bond acceptors (Lipinski definition) is 4. The molecule has 2 amide bonds. The molecule has 24 heavy (non-hydrogen) atoms. The maximum Gasteiger partial charge on any atom is 0.311 e. The van der Waals surface area contributed by atoms with Crippen LogP contribution in [-0.2, 0) is 19.1 Å². The Kier molecular flexibility index (Phi) is 4.14. The molecule has 2 aliphatic carbocycles. The van der Waals surface area contributed by atoms with Crippen LogP contribution >= 0.6 is 0 Å². The van der Waals surface area contributed by atoms with E-state index in [1.807, 2.05) is 39.8 Å². The van der Waals surface area contributed by atoms with Crippen molar-refractivity contribution in [2.24, 2.45) is 29.1 Å². The van der Waals surface area contributed by atoms with Gasteiger partial charge < -0.3 is 4.74 Å². The number of fused-ring (bicyclic) bond motifs is 1. The fraction of sp³-hybridized carbons (Fsp3) is 0.632. The molecular weight excluding hydrogens is 306 g/mol. The van der Waals surface area contributed by atoms with Gasteiger partial charge in [-0.15, -0.1) is 0 Å². The summed E-state index contributed by atoms with van der Waals surface area (Å²) in [5.74, 6) is -1.48. The van der Waals surface area contributed by atoms with Crippen molar-refractivity contribution >= 4 is 17.8 Å². The van der Waals surface area contributed by atoms with E-state index in [-0.39, 0.29) is 53.6 Å². The Labute approximate surface area is 142 Å². The first-order chi connectivity index (χ1) is 11.2. The summed E-state index contributed by atoms with van der Waals surface area (Å²) >= 11 is 0. The third kappa shape index (κ3) is 2.70. The molecule has 3 aliphatic rings. The van der Waals surface area contributed by atoms with E-state index < -0.39 is 0 Å². The Morgan fingerprint density at radius 3 is 2.67 bits per heavy atom. The van der Waals surface area contributed by atoms with Crippen molar-refractivity contribution in [2.75, 3.05) is 6.73 Å². The standard InChI is InChI=1S/C19H25NO4/c1-11(2)9-14-15(19(14,3)4)18(23)24-10-20-16(21)12-7-5-6-8-13(12)17(20)22/h5,7,9,12-15H,6,8,10H2,1-4H3. The van der Waals surface area contributed by atoms with Crippen molar-refractivity contribution in [3.63, 3.8) is 0 Å². The minimum absolute atomic E-state index is 0.135. The smallest absolute Gasteiger partial charge is 0.311 e. The van der Waals surface area contributed by atoms with Gasteiger partial charge in [0.1, 0.15) is 0 Å². The summed E-state index contributed by atoms with van der Waals surface area (Å²) in [6.45, 7) is 7.83. The van der Waals surface area contributed by atoms with Crippen LogP contribution in [0.4, 0.5) is 0 Å². The second-order valence-corrected chi connectivity index (χ2v) is 7.90. The van der Waals surface area contributed by atoms with Crippen LogP contribution in [0.25, 0.3) is 0 Å². The molecular formula is C19H25NO4. The third-order valence-corrected chi connectivity index (χ3v) is 5.57. The molecule has 1 saturated heterocycles. The fourth-order valence-electron chi connectivity index (χ4n) is 4.00. The molecule has 0 N–H and O–H groups in total. The number of amides is 2. The molecule has 2 fully saturated rings. The molecule has 5 nitrogen and oxygen atoms in total. The van der Waals surface area contributed by atoms with Crippen LogP contribution in [-0.4, -0.2) is 29.4 Å². The highest BCUT2D eigenvalue weighted by Crippen LogP contribution is 2.59. The zero-order valence-electron chi connectivity index (χ0n) is 14.7. The predicted molar refractivity (Wildman–Crippen MR) is 88.4 cm³/mol. The van der Waals surface area contributed by atoms with Crippen LogP contribution in [0.1, 0.15) is 40.5 Å². The van der Waals surface area contributed by atoms with Crippen LogP contribution in [0.2, 0.25) is 0 Å². The van der Waals surface area contributed by atoms with E-state index >= 15 is 0 Å². The van der Waals surface area contributed by atoms with Crippen molar-refractivity contribution in [3.05, 3.63) is 23.8 Å². The third-order valence-electron chi connectivity index (χ3n) is 5.57. The highest BCUT2D eigenvalue weighted by molar-refractivity contribution is 6.06. The van der Waals surface area contributed by atoms with E-state index in [2.05, 4.69) is 6.08 Å². The lowest BCUT2D eigenvalue weighted by atomic mass is 9.86. The summed E-state index contributed by atoms with van der Waals surface area (Å²) in [5, 5.41) is 0. The lowest BCUT2D eigenvalue weighted by molar-refractivity contribution is -0.157. The molecule has 0 aromatic heterocycles. The maximum atomic E-state index is 12.4. The zero-order chi connectivity index (χ0) is 17.6. The van der Waals surface area contributed by atoms with Crippen LogP contribution in [0.15, 0.2) is 23.8 Å². The van der Waals surface area contributed by atoms with Gasteiger partial charge in [-0.2, -0.15) is 0 Å². The number of allylic oxidation sites excluding steroid dienone is 3. The van der Waals surface area contributed by atoms with Gasteiger partial charge in [0.15, 0.2) is 6.73 Å². The molecule has 1 heterocycles. The van der Waals surface area contributed by atoms with Crippen LogP contribution < -0.4 is 0 Å². The Bertz CT molecular complexity index is 642. The van der Waals surface area contributed by atoms with Gasteiger partial charge in [0, 0.05) is 0 Å². The number of rotatable bonds is 4. The van der Waals surface area contributed by atoms with E-state index in [9.17, 15) is 14.4 Å². The number of nitrogens with zero attached hydrogens (tertiary/aromatic N) is 1. The highest BCUT2D eigenvalue weighted by atomic mass is 16.5. The quantitative estimate of drug-likeness (QED) is 0.451. The molecule has 0 radical (unpaired) electrons. The Hall–Kier alpha value is -1.91. The molecule has 1 aliphatic heterocycles. The summed E-state index contributed by atoms with van der Waals surface area (Å²) in [4.78, 5) is 38.2. The summed E-state index contributed by atoms with van der Waals surface area (Å²) in [6, 6.07) is 0. The molecule has 0 aromatic carbocycles. The lowest BCUT2D eigenvalue weighted by Gasteiger charge is -2.15. The zero-order valence-corrected chi connectivity index (χ0v) is 14.7. The minimum Gasteiger partial charge on any atom is -0.443 e. The van der Waals surface area contributed by atoms with E-state index in [0.717, 1.165) is 11.3 Å². The molecule has 1 saturated carbocycles. The van der Waals surface area contributed by atoms with E-state index in [1.54, 1.807) is 0 Å². The van der Waals surface area contributed by atoms with Crippen molar-refractivity contribution in [1.29, 1.82) is 0 Å². The van der Waals surface area contributed by atoms with Gasteiger partial charge in [-0.1, -0.05) is 37.6 Å². The summed E-state index contributed by atoms with van der Waals surface area (Å²) < 4.78 is 5.34. The van der Waals surface area contributed by atoms with Gasteiger partial charge in [0.05, 0.1) is 17.8 Å². The monoisotopic (exact) mass is 331 g/mol. The van der Waals surface area contributed by atoms with E-state index in [0.29, 0.717) is 6.42 Å². The van der Waals surface area contributed by atoms with Crippen LogP contribution in [0.5, 0.6) is 0 Å². The second-order valence-electron chi connectivity index (χ2n) is 7.90. The van der Waals surface area contributed by atoms with Gasteiger partial charge >= 0.3 is 5.97 Å². The number of esters is 1. The predicted octanol–water partition coefficient (Wildman–Crippen LogP) is 2.68. The van der Waals surface area contributed by atoms with Crippen molar-refractivity contribution in [1.82, 2.24) is 4.90 Å². The van der Waals surface area contributed by atoms with Gasteiger partial charge in [-0.05, 0) is 38.0 Å². The summed E-state index contributed by atoms with van der Waals surface area (Å²) in [6.07, 6.45) is 7.35. The van der Waals surface area contributed by atoms with Crippen molar-refractivity contribution in [3.8, 4) is 0 Å². The minimum atomic E-state index is -0.374. The number of hydrogen-bond donors (Lipinski definition) is 0. The van der Waals surface area contributed by atoms with Crippen LogP contribution in [0.3, 0.4) is 0 Å². The molecule has 130 valence electrons. The Balaban J connectivity index is 1.61. The molecule has 5 heteroatoms. The van der Waals surface area contributed by atoms with Gasteiger partial charge in [0.25, 0.3) is 0 Å². The first kappa shape index (κ1) is 16.9. The molecule has 0 aromatic rings. The summed E-state index contributed by atoms with van der Waals surface area (Å²) in [5.41, 5.74) is 1.04. The molecule has 0 spiro atoms. The number of carbonyl (C=O) groups is 3. The number of carbonyl (C=O) groups excluding carboxylic acids is 3. The highest BCUT2D eigenvalue weighted by Gasteiger charge is 2.61. The molecule has 4 atom stereocenters. The molecule has 0 bridgehead atoms. The second kappa shape index (κ2) is 5.87. The van der Waals surface area contributed by atoms with E-state index in [1.165, 1.54) is 5.57 Å². The topological polar surface area (TPSA) is 63.7 Å². The fourth-order valence-corrected chi connectivity index (χ4v) is 4.00.